The number of nitrogens with zero attached hydrogens (tertiary/aromatic N) is 4. The standard InChI is InChI=1S/C42H34N3O.C24H28NSi.Ir/c1-26(2)34-24-30(28-14-7-5-8-15-28)25-35(27(3)4)39(34)45-37-23-22-36(29-16-9-6-10-17-29)43-41(37)44-42(45)33-20-13-19-32-31-18-11-12-21-38(31)46-40(32)33;1-18-12-14-19(15-13-18)22-16-21(23(17-25-22)26(4,5)6)24(2,3)20-10-8-7-9-11-20;/h5-19,21-27H,1-4H3;7-14,16-17H,1-6H3;/q2*-1;/i;1D3;. The van der Waals surface area contributed by atoms with E-state index in [2.05, 4.69) is 193 Å². The summed E-state index contributed by atoms with van der Waals surface area (Å²) in [5.74, 6) is 1.28. The van der Waals surface area contributed by atoms with Gasteiger partial charge in [-0.05, 0) is 86.4 Å². The van der Waals surface area contributed by atoms with Crippen molar-refractivity contribution in [2.75, 3.05) is 0 Å². The summed E-state index contributed by atoms with van der Waals surface area (Å²) >= 11 is 0. The quantitative estimate of drug-likeness (QED) is 0.101. The average molecular weight is 1150 g/mol. The van der Waals surface area contributed by atoms with Crippen molar-refractivity contribution < 1.29 is 28.6 Å². The number of furan rings is 1. The first-order valence-corrected chi connectivity index (χ1v) is 28.5. The Morgan fingerprint density at radius 2 is 1.29 bits per heavy atom. The molecule has 0 spiro atoms. The van der Waals surface area contributed by atoms with Gasteiger partial charge in [-0.15, -0.1) is 53.6 Å². The average Bonchev–Trinajstić information content (AvgIpc) is 4.07. The fourth-order valence-electron chi connectivity index (χ4n) is 9.91. The van der Waals surface area contributed by atoms with Crippen LogP contribution in [0.15, 0.2) is 187 Å². The van der Waals surface area contributed by atoms with Crippen LogP contribution in [0.5, 0.6) is 0 Å². The van der Waals surface area contributed by atoms with Crippen LogP contribution >= 0.6 is 0 Å². The van der Waals surface area contributed by atoms with E-state index in [-0.39, 0.29) is 37.4 Å². The monoisotopic (exact) mass is 1150 g/mol. The van der Waals surface area contributed by atoms with Crippen LogP contribution in [0.4, 0.5) is 0 Å². The molecule has 0 amide bonds. The second kappa shape index (κ2) is 20.8. The minimum atomic E-state index is -2.12. The molecule has 0 fully saturated rings. The first-order chi connectivity index (χ1) is 35.9. The van der Waals surface area contributed by atoms with E-state index in [4.69, 9.17) is 23.5 Å². The summed E-state index contributed by atoms with van der Waals surface area (Å²) in [7, 11) is -1.63. The van der Waals surface area contributed by atoms with E-state index in [9.17, 15) is 0 Å². The SMILES string of the molecule is CC(C)c1cc(-c2ccccc2)cc(C(C)C)c1-n1c(-c2[c-]ccc3c2oc2ccccc23)nc2nc(-c3ccccc3)ccc21.[2H]C([2H])([2H])c1c[c-]c(-c2cc(C(C)(C)c3ccccc3)c([Si](C)(C)C)cn2)cc1.[Ir]. The number of aromatic nitrogens is 4. The normalized spacial score (nSPS) is 12.6. The maximum Gasteiger partial charge on any atom is 0.168 e. The number of imidazole rings is 1. The third kappa shape index (κ3) is 10.1. The first kappa shape index (κ1) is 47.0. The van der Waals surface area contributed by atoms with Crippen LogP contribution in [0.3, 0.4) is 0 Å². The van der Waals surface area contributed by atoms with Crippen molar-refractivity contribution in [1.82, 2.24) is 19.5 Å². The van der Waals surface area contributed by atoms with Gasteiger partial charge in [0.15, 0.2) is 5.65 Å². The number of rotatable bonds is 10. The number of para-hydroxylation sites is 1. The summed E-state index contributed by atoms with van der Waals surface area (Å²) in [6.45, 7) is 18.5. The van der Waals surface area contributed by atoms with Crippen molar-refractivity contribution in [2.45, 2.75) is 85.3 Å². The first-order valence-electron chi connectivity index (χ1n) is 26.5. The Bertz CT molecular complexity index is 3790. The summed E-state index contributed by atoms with van der Waals surface area (Å²) in [6, 6.07) is 66.6. The number of benzene rings is 7. The van der Waals surface area contributed by atoms with Gasteiger partial charge < -0.3 is 14.0 Å². The van der Waals surface area contributed by atoms with Gasteiger partial charge in [-0.3, -0.25) is 4.98 Å². The van der Waals surface area contributed by atoms with Gasteiger partial charge in [-0.1, -0.05) is 194 Å². The van der Waals surface area contributed by atoms with Crippen LogP contribution in [0.1, 0.15) is 85.3 Å². The molecule has 367 valence electrons. The summed E-state index contributed by atoms with van der Waals surface area (Å²) < 4.78 is 31.5. The molecular weight excluding hydrogens is 1090 g/mol. The zero-order valence-corrected chi connectivity index (χ0v) is 46.4. The number of hydrogen-bond donors (Lipinski definition) is 0. The second-order valence-electron chi connectivity index (χ2n) is 20.9. The Balaban J connectivity index is 0.000000204. The van der Waals surface area contributed by atoms with E-state index in [1.54, 1.807) is 18.2 Å². The van der Waals surface area contributed by atoms with Gasteiger partial charge in [0.2, 0.25) is 0 Å². The summed E-state index contributed by atoms with van der Waals surface area (Å²) in [5.41, 5.74) is 16.4. The molecule has 0 aliphatic carbocycles. The van der Waals surface area contributed by atoms with E-state index in [0.29, 0.717) is 11.2 Å². The molecule has 0 aliphatic rings. The molecule has 0 bridgehead atoms. The predicted octanol–water partition coefficient (Wildman–Crippen LogP) is 17.1. The van der Waals surface area contributed by atoms with Crippen LogP contribution in [0.2, 0.25) is 19.6 Å². The third-order valence-corrected chi connectivity index (χ3v) is 15.9. The maximum absolute atomic E-state index is 7.56. The summed E-state index contributed by atoms with van der Waals surface area (Å²) in [4.78, 5) is 15.2. The van der Waals surface area contributed by atoms with Gasteiger partial charge in [-0.2, -0.15) is 0 Å². The molecule has 5 nitrogen and oxygen atoms in total. The molecule has 0 aliphatic heterocycles. The van der Waals surface area contributed by atoms with Gasteiger partial charge in [0, 0.05) is 52.5 Å². The van der Waals surface area contributed by atoms with E-state index >= 15 is 0 Å². The Labute approximate surface area is 450 Å². The van der Waals surface area contributed by atoms with E-state index in [1.165, 1.54) is 38.6 Å². The summed E-state index contributed by atoms with van der Waals surface area (Å²) in [5, 5.41) is 3.47. The molecule has 0 atom stereocenters. The van der Waals surface area contributed by atoms with E-state index < -0.39 is 14.9 Å². The number of hydrogen-bond acceptors (Lipinski definition) is 4. The molecule has 73 heavy (non-hydrogen) atoms. The van der Waals surface area contributed by atoms with E-state index in [0.717, 1.165) is 67.0 Å². The van der Waals surface area contributed by atoms with Gasteiger partial charge in [0.1, 0.15) is 5.58 Å². The fraction of sp³-hybridized carbons (Fsp3) is 0.197. The molecule has 1 radical (unpaired) electrons. The topological polar surface area (TPSA) is 56.7 Å². The second-order valence-corrected chi connectivity index (χ2v) is 25.9. The smallest absolute Gasteiger partial charge is 0.168 e. The molecule has 4 heterocycles. The van der Waals surface area contributed by atoms with Crippen LogP contribution in [0, 0.1) is 19.0 Å². The van der Waals surface area contributed by atoms with Crippen molar-refractivity contribution >= 4 is 46.4 Å². The van der Waals surface area contributed by atoms with Gasteiger partial charge >= 0.3 is 0 Å². The molecule has 4 aromatic heterocycles. The summed E-state index contributed by atoms with van der Waals surface area (Å²) in [6.07, 6.45) is 2.02. The predicted molar refractivity (Wildman–Crippen MR) is 304 cm³/mol. The molecular formula is C66H62IrN4OSi-2. The number of fused-ring (bicyclic) bond motifs is 4. The maximum atomic E-state index is 7.56. The molecule has 7 aromatic carbocycles. The Morgan fingerprint density at radius 3 is 1.92 bits per heavy atom. The molecule has 11 aromatic rings. The minimum Gasteiger partial charge on any atom is -0.501 e. The van der Waals surface area contributed by atoms with Crippen LogP contribution in [0.25, 0.3) is 83.8 Å². The fourth-order valence-corrected chi connectivity index (χ4v) is 11.6. The zero-order chi connectivity index (χ0) is 52.8. The molecule has 7 heteroatoms. The van der Waals surface area contributed by atoms with Crippen LogP contribution < -0.4 is 5.19 Å². The van der Waals surface area contributed by atoms with Crippen molar-refractivity contribution in [1.29, 1.82) is 0 Å². The molecule has 0 N–H and O–H groups in total. The van der Waals surface area contributed by atoms with Gasteiger partial charge in [0.05, 0.1) is 30.7 Å². The Morgan fingerprint density at radius 1 is 0.644 bits per heavy atom. The Hall–Kier alpha value is -7.02. The number of aryl methyl sites for hydroxylation is 1. The molecule has 11 rings (SSSR count). The molecule has 0 saturated carbocycles. The van der Waals surface area contributed by atoms with Crippen molar-refractivity contribution in [3.05, 3.63) is 222 Å². The van der Waals surface area contributed by atoms with E-state index in [1.807, 2.05) is 48.7 Å². The largest absolute Gasteiger partial charge is 0.501 e. The van der Waals surface area contributed by atoms with Crippen LogP contribution in [-0.4, -0.2) is 27.6 Å². The van der Waals surface area contributed by atoms with Gasteiger partial charge in [-0.25, -0.2) is 4.98 Å². The van der Waals surface area contributed by atoms with Gasteiger partial charge in [0.25, 0.3) is 0 Å². The number of pyridine rings is 2. The third-order valence-electron chi connectivity index (χ3n) is 13.9. The Kier molecular flexibility index (Phi) is 13.4. The minimum absolute atomic E-state index is 0. The van der Waals surface area contributed by atoms with Crippen molar-refractivity contribution in [2.24, 2.45) is 0 Å². The van der Waals surface area contributed by atoms with Crippen molar-refractivity contribution in [3.63, 3.8) is 0 Å². The molecule has 0 unspecified atom stereocenters. The zero-order valence-electron chi connectivity index (χ0n) is 46.0. The van der Waals surface area contributed by atoms with Crippen molar-refractivity contribution in [3.8, 4) is 50.7 Å². The van der Waals surface area contributed by atoms with Crippen LogP contribution in [-0.2, 0) is 25.5 Å². The molecule has 0 saturated heterocycles.